The number of hydrogen-bond donors (Lipinski definition) is 1. The summed E-state index contributed by atoms with van der Waals surface area (Å²) in [4.78, 5) is 12.2. The van der Waals surface area contributed by atoms with E-state index in [9.17, 15) is 13.6 Å². The van der Waals surface area contributed by atoms with Crippen LogP contribution in [-0.2, 0) is 10.7 Å². The normalized spacial score (nSPS) is 13.5. The van der Waals surface area contributed by atoms with Crippen LogP contribution in [0.2, 0.25) is 0 Å². The summed E-state index contributed by atoms with van der Waals surface area (Å²) < 4.78 is 28.1. The minimum absolute atomic E-state index is 0.0450. The molecular weight excluding hydrogens is 252 g/mol. The number of benzene rings is 1. The molecule has 0 spiro atoms. The van der Waals surface area contributed by atoms with Gasteiger partial charge >= 0.3 is 5.97 Å². The number of aliphatic carboxylic acids is 1. The predicted molar refractivity (Wildman–Crippen MR) is 69.2 cm³/mol. The SMILES string of the molecule is CCN(CC(C)C(=O)O)CC(F)(F)c1ccccc1. The van der Waals surface area contributed by atoms with Gasteiger partial charge < -0.3 is 5.11 Å². The first-order valence-electron chi connectivity index (χ1n) is 6.25. The number of halogens is 2. The third kappa shape index (κ3) is 4.59. The second kappa shape index (κ2) is 6.61. The van der Waals surface area contributed by atoms with Gasteiger partial charge in [0.05, 0.1) is 12.5 Å². The van der Waals surface area contributed by atoms with Crippen molar-refractivity contribution in [1.29, 1.82) is 0 Å². The van der Waals surface area contributed by atoms with Crippen LogP contribution in [0, 0.1) is 5.92 Å². The number of nitrogens with zero attached hydrogens (tertiary/aromatic N) is 1. The lowest BCUT2D eigenvalue weighted by Gasteiger charge is -2.27. The molecule has 19 heavy (non-hydrogen) atoms. The molecular formula is C14H19F2NO2. The Bertz CT molecular complexity index is 409. The summed E-state index contributed by atoms with van der Waals surface area (Å²) >= 11 is 0. The van der Waals surface area contributed by atoms with E-state index in [1.54, 1.807) is 25.1 Å². The lowest BCUT2D eigenvalue weighted by atomic mass is 10.1. The van der Waals surface area contributed by atoms with Gasteiger partial charge in [-0.2, -0.15) is 8.78 Å². The van der Waals surface area contributed by atoms with E-state index >= 15 is 0 Å². The highest BCUT2D eigenvalue weighted by Gasteiger charge is 2.34. The third-order valence-corrected chi connectivity index (χ3v) is 3.02. The van der Waals surface area contributed by atoms with E-state index in [-0.39, 0.29) is 12.1 Å². The number of carboxylic acid groups (broad SMARTS) is 1. The van der Waals surface area contributed by atoms with E-state index in [0.29, 0.717) is 6.54 Å². The topological polar surface area (TPSA) is 40.5 Å². The molecule has 0 amide bonds. The molecule has 106 valence electrons. The Balaban J connectivity index is 2.72. The molecule has 0 saturated carbocycles. The van der Waals surface area contributed by atoms with Crippen molar-refractivity contribution in [1.82, 2.24) is 4.90 Å². The maximum absolute atomic E-state index is 14.1. The van der Waals surface area contributed by atoms with E-state index in [1.807, 2.05) is 0 Å². The monoisotopic (exact) mass is 271 g/mol. The zero-order chi connectivity index (χ0) is 14.5. The summed E-state index contributed by atoms with van der Waals surface area (Å²) in [5, 5.41) is 8.83. The van der Waals surface area contributed by atoms with E-state index < -0.39 is 24.4 Å². The number of rotatable bonds is 7. The fraction of sp³-hybridized carbons (Fsp3) is 0.500. The Morgan fingerprint density at radius 3 is 2.42 bits per heavy atom. The van der Waals surface area contributed by atoms with Gasteiger partial charge in [-0.15, -0.1) is 0 Å². The molecule has 0 aliphatic heterocycles. The number of hydrogen-bond acceptors (Lipinski definition) is 2. The van der Waals surface area contributed by atoms with E-state index in [0.717, 1.165) is 0 Å². The molecule has 0 fully saturated rings. The minimum atomic E-state index is -2.98. The first kappa shape index (κ1) is 15.6. The average molecular weight is 271 g/mol. The summed E-state index contributed by atoms with van der Waals surface area (Å²) in [6.07, 6.45) is 0. The summed E-state index contributed by atoms with van der Waals surface area (Å²) in [6, 6.07) is 7.59. The van der Waals surface area contributed by atoms with Crippen LogP contribution >= 0.6 is 0 Å². The second-order valence-corrected chi connectivity index (χ2v) is 4.64. The Kier molecular flexibility index (Phi) is 5.42. The molecule has 5 heteroatoms. The molecule has 1 N–H and O–H groups in total. The molecule has 1 rings (SSSR count). The Labute approximate surface area is 111 Å². The van der Waals surface area contributed by atoms with Crippen LogP contribution in [0.15, 0.2) is 30.3 Å². The molecule has 0 aromatic heterocycles. The second-order valence-electron chi connectivity index (χ2n) is 4.64. The molecule has 1 unspecified atom stereocenters. The van der Waals surface area contributed by atoms with Crippen molar-refractivity contribution in [2.45, 2.75) is 19.8 Å². The van der Waals surface area contributed by atoms with Crippen molar-refractivity contribution in [3.05, 3.63) is 35.9 Å². The van der Waals surface area contributed by atoms with Crippen molar-refractivity contribution >= 4 is 5.97 Å². The van der Waals surface area contributed by atoms with Gasteiger partial charge in [0.1, 0.15) is 0 Å². The van der Waals surface area contributed by atoms with Crippen LogP contribution in [0.1, 0.15) is 19.4 Å². The molecule has 1 aromatic carbocycles. The van der Waals surface area contributed by atoms with Crippen molar-refractivity contribution in [2.24, 2.45) is 5.92 Å². The number of likely N-dealkylation sites (N-methyl/N-ethyl adjacent to an activating group) is 1. The van der Waals surface area contributed by atoms with E-state index in [1.165, 1.54) is 24.0 Å². The van der Waals surface area contributed by atoms with Gasteiger partial charge in [-0.05, 0) is 6.54 Å². The summed E-state index contributed by atoms with van der Waals surface area (Å²) in [5.74, 6) is -4.61. The predicted octanol–water partition coefficient (Wildman–Crippen LogP) is 2.82. The van der Waals surface area contributed by atoms with Gasteiger partial charge in [0.2, 0.25) is 0 Å². The molecule has 0 saturated heterocycles. The molecule has 3 nitrogen and oxygen atoms in total. The molecule has 1 aromatic rings. The summed E-state index contributed by atoms with van der Waals surface area (Å²) in [7, 11) is 0. The first-order chi connectivity index (χ1) is 8.86. The standard InChI is InChI=1S/C14H19F2NO2/c1-3-17(9-11(2)13(18)19)10-14(15,16)12-7-5-4-6-8-12/h4-8,11H,3,9-10H2,1-2H3,(H,18,19). The molecule has 1 atom stereocenters. The Morgan fingerprint density at radius 2 is 1.95 bits per heavy atom. The van der Waals surface area contributed by atoms with Gasteiger partial charge in [-0.3, -0.25) is 9.69 Å². The van der Waals surface area contributed by atoms with Gasteiger partial charge in [-0.25, -0.2) is 0 Å². The van der Waals surface area contributed by atoms with Gasteiger partial charge in [0, 0.05) is 12.1 Å². The average Bonchev–Trinajstić information content (AvgIpc) is 2.38. The minimum Gasteiger partial charge on any atom is -0.481 e. The van der Waals surface area contributed by atoms with Crippen molar-refractivity contribution in [2.75, 3.05) is 19.6 Å². The maximum atomic E-state index is 14.1. The number of alkyl halides is 2. The van der Waals surface area contributed by atoms with Crippen molar-refractivity contribution in [3.8, 4) is 0 Å². The summed E-state index contributed by atoms with van der Waals surface area (Å²) in [6.45, 7) is 3.31. The lowest BCUT2D eigenvalue weighted by Crippen LogP contribution is -2.39. The van der Waals surface area contributed by atoms with Gasteiger partial charge in [0.25, 0.3) is 5.92 Å². The van der Waals surface area contributed by atoms with Crippen molar-refractivity contribution < 1.29 is 18.7 Å². The lowest BCUT2D eigenvalue weighted by molar-refractivity contribution is -0.142. The van der Waals surface area contributed by atoms with Crippen LogP contribution in [0.3, 0.4) is 0 Å². The van der Waals surface area contributed by atoms with Crippen LogP contribution in [-0.4, -0.2) is 35.6 Å². The molecule has 0 aliphatic carbocycles. The van der Waals surface area contributed by atoms with Crippen LogP contribution in [0.5, 0.6) is 0 Å². The third-order valence-electron chi connectivity index (χ3n) is 3.02. The zero-order valence-corrected chi connectivity index (χ0v) is 11.1. The highest BCUT2D eigenvalue weighted by atomic mass is 19.3. The fourth-order valence-electron chi connectivity index (χ4n) is 1.82. The van der Waals surface area contributed by atoms with Crippen molar-refractivity contribution in [3.63, 3.8) is 0 Å². The Morgan fingerprint density at radius 1 is 1.37 bits per heavy atom. The highest BCUT2D eigenvalue weighted by Crippen LogP contribution is 2.28. The largest absolute Gasteiger partial charge is 0.481 e. The molecule has 0 heterocycles. The van der Waals surface area contributed by atoms with E-state index in [4.69, 9.17) is 5.11 Å². The van der Waals surface area contributed by atoms with Crippen LogP contribution in [0.25, 0.3) is 0 Å². The molecule has 0 aliphatic rings. The Hall–Kier alpha value is -1.49. The quantitative estimate of drug-likeness (QED) is 0.829. The molecule has 0 radical (unpaired) electrons. The number of carbonyl (C=O) groups is 1. The smallest absolute Gasteiger partial charge is 0.307 e. The number of carboxylic acids is 1. The zero-order valence-electron chi connectivity index (χ0n) is 11.1. The van der Waals surface area contributed by atoms with Gasteiger partial charge in [0.15, 0.2) is 0 Å². The summed E-state index contributed by atoms with van der Waals surface area (Å²) in [5.41, 5.74) is -0.0450. The van der Waals surface area contributed by atoms with Gasteiger partial charge in [-0.1, -0.05) is 44.2 Å². The van der Waals surface area contributed by atoms with Crippen LogP contribution in [0.4, 0.5) is 8.78 Å². The maximum Gasteiger partial charge on any atom is 0.307 e. The first-order valence-corrected chi connectivity index (χ1v) is 6.25. The highest BCUT2D eigenvalue weighted by molar-refractivity contribution is 5.69. The fourth-order valence-corrected chi connectivity index (χ4v) is 1.82. The van der Waals surface area contributed by atoms with E-state index in [2.05, 4.69) is 0 Å². The van der Waals surface area contributed by atoms with Crippen LogP contribution < -0.4 is 0 Å². The molecule has 0 bridgehead atoms.